The van der Waals surface area contributed by atoms with E-state index in [1.807, 2.05) is 46.4 Å². The van der Waals surface area contributed by atoms with Crippen molar-refractivity contribution in [3.8, 4) is 5.75 Å². The minimum atomic E-state index is -1.29. The summed E-state index contributed by atoms with van der Waals surface area (Å²) in [4.78, 5) is 144. The number of rotatable bonds is 41. The van der Waals surface area contributed by atoms with Gasteiger partial charge in [-0.3, -0.25) is 64.0 Å². The number of ether oxygens (including phenoxy) is 3. The molecule has 2 aromatic carbocycles. The van der Waals surface area contributed by atoms with Crippen LogP contribution < -0.4 is 37.6 Å². The Kier molecular flexibility index (Phi) is 33.6. The van der Waals surface area contributed by atoms with Crippen LogP contribution in [0.25, 0.3) is 0 Å². The highest BCUT2D eigenvalue weighted by atomic mass is 32.1. The van der Waals surface area contributed by atoms with Crippen LogP contribution in [0.5, 0.6) is 5.75 Å². The molecule has 10 atom stereocenters. The number of carbonyl (C=O) groups is 10. The molecule has 1 aromatic heterocycles. The number of esters is 1. The number of unbranched alkanes of at least 4 members (excludes halogenated alkanes) is 2. The number of phenolic OH excluding ortho intramolecular Hbond substituents is 1. The van der Waals surface area contributed by atoms with Crippen molar-refractivity contribution in [3.63, 3.8) is 0 Å². The number of thiazole rings is 1. The quantitative estimate of drug-likeness (QED) is 0.0121. The third-order valence-corrected chi connectivity index (χ3v) is 18.4. The summed E-state index contributed by atoms with van der Waals surface area (Å²) >= 11 is 1.28. The van der Waals surface area contributed by atoms with Crippen molar-refractivity contribution in [2.45, 2.75) is 214 Å². The first-order valence-electron chi connectivity index (χ1n) is 34.3. The zero-order valence-corrected chi connectivity index (χ0v) is 58.9. The summed E-state index contributed by atoms with van der Waals surface area (Å²) < 4.78 is 17.3. The van der Waals surface area contributed by atoms with Crippen LogP contribution in [0.4, 0.5) is 10.5 Å². The molecule has 0 bridgehead atoms. The lowest BCUT2D eigenvalue weighted by Crippen LogP contribution is -2.59. The van der Waals surface area contributed by atoms with Gasteiger partial charge < -0.3 is 55.9 Å². The summed E-state index contributed by atoms with van der Waals surface area (Å²) in [6.07, 6.45) is 6.41. The second kappa shape index (κ2) is 40.8. The zero-order chi connectivity index (χ0) is 71.3. The molecule has 27 heteroatoms. The van der Waals surface area contributed by atoms with Crippen molar-refractivity contribution in [3.05, 3.63) is 87.9 Å². The molecule has 536 valence electrons. The fraction of sp³-hybridized carbons (Fsp3) is 0.614. The van der Waals surface area contributed by atoms with E-state index in [-0.39, 0.29) is 98.3 Å². The van der Waals surface area contributed by atoms with Crippen LogP contribution in [0.1, 0.15) is 185 Å². The van der Waals surface area contributed by atoms with Crippen LogP contribution in [0.3, 0.4) is 0 Å². The Morgan fingerprint density at radius 2 is 1.48 bits per heavy atom. The van der Waals surface area contributed by atoms with Crippen LogP contribution in [0.2, 0.25) is 0 Å². The van der Waals surface area contributed by atoms with E-state index >= 15 is 4.79 Å². The van der Waals surface area contributed by atoms with Gasteiger partial charge in [-0.1, -0.05) is 99.4 Å². The summed E-state index contributed by atoms with van der Waals surface area (Å²) in [5, 5.41) is 38.9. The fourth-order valence-electron chi connectivity index (χ4n) is 11.7. The highest BCUT2D eigenvalue weighted by molar-refractivity contribution is 7.09. The number of methoxy groups -OCH3 is 1. The van der Waals surface area contributed by atoms with Crippen molar-refractivity contribution >= 4 is 76.3 Å². The van der Waals surface area contributed by atoms with Gasteiger partial charge in [0.15, 0.2) is 6.35 Å². The average Bonchev–Trinajstić information content (AvgIpc) is 1.70. The molecule has 10 N–H and O–H groups in total. The van der Waals surface area contributed by atoms with Gasteiger partial charge in [-0.2, -0.15) is 0 Å². The third kappa shape index (κ3) is 25.5. The van der Waals surface area contributed by atoms with Crippen molar-refractivity contribution in [2.24, 2.45) is 29.4 Å². The fourth-order valence-corrected chi connectivity index (χ4v) is 12.6. The first-order valence-corrected chi connectivity index (χ1v) is 35.1. The van der Waals surface area contributed by atoms with Gasteiger partial charge in [0.25, 0.3) is 17.7 Å². The lowest BCUT2D eigenvalue weighted by atomic mass is 9.92. The van der Waals surface area contributed by atoms with E-state index < -0.39 is 90.3 Å². The summed E-state index contributed by atoms with van der Waals surface area (Å²) in [6, 6.07) is 8.37. The first kappa shape index (κ1) is 79.8. The molecular formula is C70H105N11O15S. The number of anilines is 1. The number of aromatic nitrogens is 1. The molecule has 5 rings (SSSR count). The smallest absolute Gasteiger partial charge is 0.410 e. The summed E-state index contributed by atoms with van der Waals surface area (Å²) in [5.74, 6) is -4.99. The molecule has 2 aliphatic heterocycles. The van der Waals surface area contributed by atoms with Gasteiger partial charge in [0.2, 0.25) is 29.5 Å². The van der Waals surface area contributed by atoms with Crippen LogP contribution in [0, 0.1) is 23.7 Å². The molecule has 0 saturated carbocycles. The van der Waals surface area contributed by atoms with Crippen molar-refractivity contribution in [2.75, 3.05) is 45.2 Å². The Balaban J connectivity index is 1.22. The van der Waals surface area contributed by atoms with Gasteiger partial charge in [0, 0.05) is 74.4 Å². The molecule has 26 nitrogen and oxygen atoms in total. The monoisotopic (exact) mass is 1370 g/mol. The standard InChI is InChI=1S/C70H105N11O15S/c1-11-34-79(55(43(4)5)40-56(95-37-12-2)66-76-53(42-97-66)63(87)74-50(38-46(9)68(91)94-10)39-47-25-29-51(82)30-26-47)67(90)61(45(8)13-3)78-64(88)54-21-16-18-35-80(54)70(93)96-41-48-23-27-49(28-24-48)73-62(86)52(20-19-33-72-69(71)92)75-65(89)60(44(6)7)77-57(83)22-15-14-17-36-81-58(84)31-32-59(81)85/h23-32,42-46,50,52,54-56,60-61,69,72,82,92H,11-22,33-41,71H2,1-10H3,(H,73,86)(H,74,87)(H,75,89)(H,77,83)(H,78,88)/t45-,46-,50+,52-,54+,55+,56+,60-,61-,69?/m0/s1. The van der Waals surface area contributed by atoms with Crippen molar-refractivity contribution < 1.29 is 72.4 Å². The minimum Gasteiger partial charge on any atom is -0.508 e. The normalized spacial score (nSPS) is 16.7. The third-order valence-electron chi connectivity index (χ3n) is 17.4. The lowest BCUT2D eigenvalue weighted by Gasteiger charge is -2.40. The van der Waals surface area contributed by atoms with Gasteiger partial charge in [0.1, 0.15) is 53.3 Å². The van der Waals surface area contributed by atoms with Crippen LogP contribution in [-0.2, 0) is 65.6 Å². The highest BCUT2D eigenvalue weighted by Crippen LogP contribution is 2.33. The molecule has 3 heterocycles. The summed E-state index contributed by atoms with van der Waals surface area (Å²) in [6.45, 7) is 18.5. The van der Waals surface area contributed by atoms with Gasteiger partial charge in [-0.25, -0.2) is 9.78 Å². The lowest BCUT2D eigenvalue weighted by molar-refractivity contribution is -0.145. The number of piperidine rings is 1. The Bertz CT molecular complexity index is 3070. The van der Waals surface area contributed by atoms with E-state index in [2.05, 4.69) is 31.9 Å². The van der Waals surface area contributed by atoms with Crippen LogP contribution in [-0.4, -0.2) is 172 Å². The minimum absolute atomic E-state index is 0.0884. The van der Waals surface area contributed by atoms with E-state index in [1.165, 1.54) is 35.5 Å². The largest absolute Gasteiger partial charge is 0.508 e. The number of aromatic hydroxyl groups is 1. The number of benzene rings is 2. The van der Waals surface area contributed by atoms with Crippen molar-refractivity contribution in [1.82, 2.24) is 46.3 Å². The van der Waals surface area contributed by atoms with E-state index in [0.717, 1.165) is 10.5 Å². The molecule has 1 fully saturated rings. The number of hydrogen-bond donors (Lipinski definition) is 9. The number of imide groups is 1. The van der Waals surface area contributed by atoms with Gasteiger partial charge in [0.05, 0.1) is 13.0 Å². The molecular weight excluding hydrogens is 1270 g/mol. The molecule has 2 aliphatic rings. The SMILES string of the molecule is CCCO[C@H](C[C@H](C(C)C)N(CCC)C(=O)[C@@H](NC(=O)[C@H]1CCCCN1C(=O)OCc1ccc(NC(=O)[C@H](CCCNC(N)O)NC(=O)[C@@H](NC(=O)CCCCCN2C(=O)C=CC2=O)C(C)C)cc1)[C@@H](C)CC)c1nc(C(=O)N[C@@H](Cc2ccc(O)cc2)C[C@H](C)C(=O)OC)cs1. The molecule has 3 aromatic rings. The zero-order valence-electron chi connectivity index (χ0n) is 58.1. The van der Waals surface area contributed by atoms with E-state index in [0.29, 0.717) is 106 Å². The molecule has 1 unspecified atom stereocenters. The molecule has 0 spiro atoms. The molecule has 97 heavy (non-hydrogen) atoms. The molecule has 0 aliphatic carbocycles. The Hall–Kier alpha value is -7.85. The van der Waals surface area contributed by atoms with E-state index in [4.69, 9.17) is 24.9 Å². The maximum atomic E-state index is 15.3. The number of aliphatic hydroxyl groups excluding tert-OH is 1. The topological polar surface area (TPSA) is 360 Å². The number of amides is 9. The predicted octanol–water partition coefficient (Wildman–Crippen LogP) is 6.89. The number of likely N-dealkylation sites (tertiary alicyclic amines) is 1. The number of nitrogens with two attached hydrogens (primary N) is 1. The maximum Gasteiger partial charge on any atom is 0.410 e. The number of phenols is 1. The van der Waals surface area contributed by atoms with Gasteiger partial charge in [-0.15, -0.1) is 11.3 Å². The van der Waals surface area contributed by atoms with E-state index in [1.54, 1.807) is 74.7 Å². The van der Waals surface area contributed by atoms with Crippen LogP contribution in [0.15, 0.2) is 66.1 Å². The number of nitrogens with zero attached hydrogens (tertiary/aromatic N) is 4. The number of carbonyl (C=O) groups excluding carboxylic acids is 10. The van der Waals surface area contributed by atoms with E-state index in [9.17, 15) is 53.4 Å². The molecule has 1 saturated heterocycles. The number of aliphatic hydroxyl groups is 1. The predicted molar refractivity (Wildman–Crippen MR) is 367 cm³/mol. The highest BCUT2D eigenvalue weighted by Gasteiger charge is 2.40. The number of nitrogens with one attached hydrogen (secondary N) is 6. The average molecular weight is 1370 g/mol. The van der Waals surface area contributed by atoms with Crippen LogP contribution >= 0.6 is 11.3 Å². The Morgan fingerprint density at radius 3 is 2.11 bits per heavy atom. The Morgan fingerprint density at radius 1 is 0.794 bits per heavy atom. The van der Waals surface area contributed by atoms with Gasteiger partial charge >= 0.3 is 12.1 Å². The van der Waals surface area contributed by atoms with Gasteiger partial charge in [-0.05, 0) is 130 Å². The van der Waals surface area contributed by atoms with Crippen molar-refractivity contribution in [1.29, 1.82) is 0 Å². The number of hydrogen-bond acceptors (Lipinski definition) is 19. The molecule has 9 amide bonds. The second-order valence-electron chi connectivity index (χ2n) is 25.9. The Labute approximate surface area is 574 Å². The first-order chi connectivity index (χ1) is 46.3. The summed E-state index contributed by atoms with van der Waals surface area (Å²) in [7, 11) is 1.32. The second-order valence-corrected chi connectivity index (χ2v) is 26.8. The maximum absolute atomic E-state index is 15.3. The summed E-state index contributed by atoms with van der Waals surface area (Å²) in [5.41, 5.74) is 7.41. The molecule has 0 radical (unpaired) electrons.